The number of carbonyl (C=O) groups is 1. The molecule has 0 radical (unpaired) electrons. The predicted octanol–water partition coefficient (Wildman–Crippen LogP) is 2.83. The van der Waals surface area contributed by atoms with E-state index in [0.29, 0.717) is 5.69 Å². The molecule has 1 fully saturated rings. The molecule has 2 heterocycles. The van der Waals surface area contributed by atoms with E-state index in [9.17, 15) is 14.3 Å². The number of halogens is 1. The number of nitrogens with one attached hydrogen (secondary N) is 1. The Morgan fingerprint density at radius 3 is 2.63 bits per heavy atom. The van der Waals surface area contributed by atoms with Gasteiger partial charge in [0, 0.05) is 43.2 Å². The van der Waals surface area contributed by atoms with Crippen LogP contribution in [0.1, 0.15) is 12.8 Å². The Labute approximate surface area is 156 Å². The Balaban J connectivity index is 1.58. The summed E-state index contributed by atoms with van der Waals surface area (Å²) in [4.78, 5) is 14.1. The zero-order chi connectivity index (χ0) is 19.0. The molecule has 1 aromatic heterocycles. The van der Waals surface area contributed by atoms with Gasteiger partial charge in [0.05, 0.1) is 17.4 Å². The standard InChI is InChI=1S/C20H21FN4O2/c1-22-20(27)13-6-8-24(9-7-13)15-3-5-18-14(10-15)12-23-25(18)16-2-4-17(21)19(26)11-16/h2-5,10-13,26H,6-9H2,1H3,(H,22,27). The molecule has 2 N–H and O–H groups in total. The van der Waals surface area contributed by atoms with Crippen molar-refractivity contribution >= 4 is 22.5 Å². The van der Waals surface area contributed by atoms with Crippen molar-refractivity contribution in [1.82, 2.24) is 15.1 Å². The highest BCUT2D eigenvalue weighted by Gasteiger charge is 2.24. The van der Waals surface area contributed by atoms with Crippen LogP contribution < -0.4 is 10.2 Å². The van der Waals surface area contributed by atoms with Crippen molar-refractivity contribution in [3.05, 3.63) is 48.4 Å². The zero-order valence-electron chi connectivity index (χ0n) is 15.0. The van der Waals surface area contributed by atoms with Gasteiger partial charge in [0.1, 0.15) is 0 Å². The van der Waals surface area contributed by atoms with Crippen LogP contribution in [0.2, 0.25) is 0 Å². The van der Waals surface area contributed by atoms with Crippen LogP contribution in [0, 0.1) is 11.7 Å². The molecule has 2 aromatic carbocycles. The lowest BCUT2D eigenvalue weighted by Crippen LogP contribution is -2.39. The number of phenols is 1. The van der Waals surface area contributed by atoms with Crippen molar-refractivity contribution in [3.63, 3.8) is 0 Å². The van der Waals surface area contributed by atoms with Gasteiger partial charge in [-0.05, 0) is 43.2 Å². The van der Waals surface area contributed by atoms with Gasteiger partial charge in [-0.1, -0.05) is 0 Å². The summed E-state index contributed by atoms with van der Waals surface area (Å²) < 4.78 is 15.0. The van der Waals surface area contributed by atoms with E-state index in [1.54, 1.807) is 24.0 Å². The number of phenolic OH excluding ortho intramolecular Hbond substituents is 1. The lowest BCUT2D eigenvalue weighted by molar-refractivity contribution is -0.125. The fourth-order valence-electron chi connectivity index (χ4n) is 3.66. The Kier molecular flexibility index (Phi) is 4.43. The van der Waals surface area contributed by atoms with Crippen molar-refractivity contribution in [2.45, 2.75) is 12.8 Å². The molecule has 27 heavy (non-hydrogen) atoms. The largest absolute Gasteiger partial charge is 0.505 e. The number of nitrogens with zero attached hydrogens (tertiary/aromatic N) is 3. The minimum Gasteiger partial charge on any atom is -0.505 e. The highest BCUT2D eigenvalue weighted by atomic mass is 19.1. The molecule has 0 bridgehead atoms. The third-order valence-electron chi connectivity index (χ3n) is 5.20. The summed E-state index contributed by atoms with van der Waals surface area (Å²) >= 11 is 0. The van der Waals surface area contributed by atoms with Crippen LogP contribution in [0.4, 0.5) is 10.1 Å². The Morgan fingerprint density at radius 2 is 1.93 bits per heavy atom. The number of aromatic hydroxyl groups is 1. The number of piperidine rings is 1. The number of fused-ring (bicyclic) bond motifs is 1. The van der Waals surface area contributed by atoms with Crippen LogP contribution in [-0.4, -0.2) is 40.9 Å². The van der Waals surface area contributed by atoms with Gasteiger partial charge in [0.2, 0.25) is 5.91 Å². The monoisotopic (exact) mass is 368 g/mol. The average Bonchev–Trinajstić information content (AvgIpc) is 3.13. The third-order valence-corrected chi connectivity index (χ3v) is 5.20. The molecule has 0 unspecified atom stereocenters. The summed E-state index contributed by atoms with van der Waals surface area (Å²) in [6.07, 6.45) is 3.44. The molecule has 1 amide bonds. The van der Waals surface area contributed by atoms with Gasteiger partial charge in [-0.25, -0.2) is 9.07 Å². The number of carbonyl (C=O) groups excluding carboxylic acids is 1. The second kappa shape index (κ2) is 6.90. The van der Waals surface area contributed by atoms with Gasteiger partial charge in [0.15, 0.2) is 11.6 Å². The summed E-state index contributed by atoms with van der Waals surface area (Å²) in [5, 5.41) is 17.7. The predicted molar refractivity (Wildman–Crippen MR) is 102 cm³/mol. The highest BCUT2D eigenvalue weighted by molar-refractivity contribution is 5.84. The molecule has 4 rings (SSSR count). The van der Waals surface area contributed by atoms with E-state index in [4.69, 9.17) is 0 Å². The molecular weight excluding hydrogens is 347 g/mol. The fraction of sp³-hybridized carbons (Fsp3) is 0.300. The molecule has 0 atom stereocenters. The number of hydrogen-bond acceptors (Lipinski definition) is 4. The van der Waals surface area contributed by atoms with Gasteiger partial charge >= 0.3 is 0 Å². The summed E-state index contributed by atoms with van der Waals surface area (Å²) in [7, 11) is 1.68. The molecule has 140 valence electrons. The van der Waals surface area contributed by atoms with Crippen LogP contribution in [-0.2, 0) is 4.79 Å². The molecule has 1 aliphatic rings. The molecule has 0 saturated carbocycles. The van der Waals surface area contributed by atoms with Crippen LogP contribution in [0.25, 0.3) is 16.6 Å². The molecule has 0 spiro atoms. The summed E-state index contributed by atoms with van der Waals surface area (Å²) in [6, 6.07) is 10.2. The number of benzene rings is 2. The van der Waals surface area contributed by atoms with E-state index in [2.05, 4.69) is 21.4 Å². The van der Waals surface area contributed by atoms with Crippen molar-refractivity contribution in [2.24, 2.45) is 5.92 Å². The first kappa shape index (κ1) is 17.3. The molecule has 0 aliphatic carbocycles. The summed E-state index contributed by atoms with van der Waals surface area (Å²) in [6.45, 7) is 1.67. The second-order valence-corrected chi connectivity index (χ2v) is 6.81. The lowest BCUT2D eigenvalue weighted by Gasteiger charge is -2.32. The van der Waals surface area contributed by atoms with E-state index in [1.807, 2.05) is 12.1 Å². The quantitative estimate of drug-likeness (QED) is 0.746. The van der Waals surface area contributed by atoms with Crippen molar-refractivity contribution in [3.8, 4) is 11.4 Å². The number of anilines is 1. The second-order valence-electron chi connectivity index (χ2n) is 6.81. The first-order chi connectivity index (χ1) is 13.1. The van der Waals surface area contributed by atoms with E-state index in [0.717, 1.165) is 42.5 Å². The van der Waals surface area contributed by atoms with Gasteiger partial charge < -0.3 is 15.3 Å². The van der Waals surface area contributed by atoms with Crippen LogP contribution in [0.5, 0.6) is 5.75 Å². The number of hydrogen-bond donors (Lipinski definition) is 2. The van der Waals surface area contributed by atoms with Crippen molar-refractivity contribution in [2.75, 3.05) is 25.0 Å². The van der Waals surface area contributed by atoms with Crippen LogP contribution >= 0.6 is 0 Å². The lowest BCUT2D eigenvalue weighted by atomic mass is 9.95. The van der Waals surface area contributed by atoms with Gasteiger partial charge in [-0.3, -0.25) is 4.79 Å². The maximum atomic E-state index is 13.3. The maximum absolute atomic E-state index is 13.3. The summed E-state index contributed by atoms with van der Waals surface area (Å²) in [5.41, 5.74) is 2.58. The van der Waals surface area contributed by atoms with Crippen LogP contribution in [0.15, 0.2) is 42.6 Å². The Morgan fingerprint density at radius 1 is 1.19 bits per heavy atom. The minimum absolute atomic E-state index is 0.0869. The SMILES string of the molecule is CNC(=O)C1CCN(c2ccc3c(cnn3-c3ccc(F)c(O)c3)c2)CC1. The molecule has 7 heteroatoms. The molecule has 3 aromatic rings. The van der Waals surface area contributed by atoms with Gasteiger partial charge in [-0.2, -0.15) is 5.10 Å². The highest BCUT2D eigenvalue weighted by Crippen LogP contribution is 2.28. The van der Waals surface area contributed by atoms with Crippen molar-refractivity contribution in [1.29, 1.82) is 0 Å². The number of rotatable bonds is 3. The molecule has 1 saturated heterocycles. The third kappa shape index (κ3) is 3.20. The Hall–Kier alpha value is -3.09. The fourth-order valence-corrected chi connectivity index (χ4v) is 3.66. The normalized spacial score (nSPS) is 15.3. The zero-order valence-corrected chi connectivity index (χ0v) is 15.0. The minimum atomic E-state index is -0.655. The van der Waals surface area contributed by atoms with E-state index >= 15 is 0 Å². The van der Waals surface area contributed by atoms with E-state index in [1.165, 1.54) is 12.1 Å². The Bertz CT molecular complexity index is 993. The number of aromatic nitrogens is 2. The van der Waals surface area contributed by atoms with Crippen molar-refractivity contribution < 1.29 is 14.3 Å². The summed E-state index contributed by atoms with van der Waals surface area (Å²) in [5.74, 6) is -0.845. The van der Waals surface area contributed by atoms with E-state index in [-0.39, 0.29) is 11.8 Å². The first-order valence-corrected chi connectivity index (χ1v) is 9.00. The van der Waals surface area contributed by atoms with Gasteiger partial charge in [0.25, 0.3) is 0 Å². The van der Waals surface area contributed by atoms with E-state index < -0.39 is 11.6 Å². The number of amides is 1. The smallest absolute Gasteiger partial charge is 0.222 e. The van der Waals surface area contributed by atoms with Gasteiger partial charge in [-0.15, -0.1) is 0 Å². The topological polar surface area (TPSA) is 70.4 Å². The average molecular weight is 368 g/mol. The molecule has 6 nitrogen and oxygen atoms in total. The first-order valence-electron chi connectivity index (χ1n) is 9.00. The molecule has 1 aliphatic heterocycles. The molecular formula is C20H21FN4O2. The maximum Gasteiger partial charge on any atom is 0.222 e. The van der Waals surface area contributed by atoms with Crippen LogP contribution in [0.3, 0.4) is 0 Å².